The lowest BCUT2D eigenvalue weighted by Crippen LogP contribution is -1.82. The Morgan fingerprint density at radius 2 is 1.21 bits per heavy atom. The zero-order chi connectivity index (χ0) is 19.6. The van der Waals surface area contributed by atoms with Gasteiger partial charge in [-0.15, -0.1) is 0 Å². The number of halogens is 1. The van der Waals surface area contributed by atoms with Crippen molar-refractivity contribution in [1.29, 1.82) is 0 Å². The van der Waals surface area contributed by atoms with E-state index in [2.05, 4.69) is 6.07 Å². The second-order valence-corrected chi connectivity index (χ2v) is 7.19. The van der Waals surface area contributed by atoms with E-state index in [0.717, 1.165) is 45.1 Å². The molecular formula is C26H17ClO2. The van der Waals surface area contributed by atoms with Crippen LogP contribution in [0.1, 0.15) is 0 Å². The highest BCUT2D eigenvalue weighted by molar-refractivity contribution is 6.30. The maximum atomic E-state index is 6.34. The van der Waals surface area contributed by atoms with Crippen LogP contribution >= 0.6 is 11.6 Å². The molecule has 29 heavy (non-hydrogen) atoms. The van der Waals surface area contributed by atoms with Gasteiger partial charge in [0.15, 0.2) is 0 Å². The summed E-state index contributed by atoms with van der Waals surface area (Å²) in [5.74, 6) is 2.37. The number of benzene rings is 3. The van der Waals surface area contributed by atoms with Crippen LogP contribution in [0.4, 0.5) is 0 Å². The molecule has 3 aromatic carbocycles. The van der Waals surface area contributed by atoms with Crippen molar-refractivity contribution in [3.05, 3.63) is 108 Å². The minimum Gasteiger partial charge on any atom is -0.464 e. The second kappa shape index (κ2) is 7.50. The van der Waals surface area contributed by atoms with Gasteiger partial charge in [0.25, 0.3) is 0 Å². The number of rotatable bonds is 4. The third-order valence-electron chi connectivity index (χ3n) is 4.89. The molecule has 0 aliphatic heterocycles. The average molecular weight is 397 g/mol. The SMILES string of the molecule is Clc1ccc(-c2ccoc2-c2cc(-c3ccccc3)oc2-c2ccccc2)cc1. The first-order chi connectivity index (χ1) is 14.3. The Bertz CT molecular complexity index is 1230. The van der Waals surface area contributed by atoms with Gasteiger partial charge in [-0.25, -0.2) is 0 Å². The van der Waals surface area contributed by atoms with Gasteiger partial charge >= 0.3 is 0 Å². The van der Waals surface area contributed by atoms with E-state index in [0.29, 0.717) is 5.02 Å². The summed E-state index contributed by atoms with van der Waals surface area (Å²) in [4.78, 5) is 0. The molecule has 0 atom stereocenters. The Balaban J connectivity index is 1.70. The van der Waals surface area contributed by atoms with E-state index in [9.17, 15) is 0 Å². The normalized spacial score (nSPS) is 10.9. The zero-order valence-electron chi connectivity index (χ0n) is 15.5. The second-order valence-electron chi connectivity index (χ2n) is 6.76. The van der Waals surface area contributed by atoms with Crippen molar-refractivity contribution in [2.24, 2.45) is 0 Å². The Morgan fingerprint density at radius 3 is 1.90 bits per heavy atom. The van der Waals surface area contributed by atoms with Crippen molar-refractivity contribution in [1.82, 2.24) is 0 Å². The predicted octanol–water partition coefficient (Wildman–Crippen LogP) is 8.19. The van der Waals surface area contributed by atoms with Crippen LogP contribution in [0.3, 0.4) is 0 Å². The van der Waals surface area contributed by atoms with E-state index in [1.54, 1.807) is 6.26 Å². The van der Waals surface area contributed by atoms with Crippen molar-refractivity contribution < 1.29 is 8.83 Å². The maximum absolute atomic E-state index is 6.34. The molecule has 2 heterocycles. The summed E-state index contributed by atoms with van der Waals surface area (Å²) in [5, 5.41) is 0.707. The molecule has 5 aromatic rings. The topological polar surface area (TPSA) is 26.3 Å². The maximum Gasteiger partial charge on any atom is 0.145 e. The highest BCUT2D eigenvalue weighted by atomic mass is 35.5. The van der Waals surface area contributed by atoms with E-state index >= 15 is 0 Å². The number of hydrogen-bond acceptors (Lipinski definition) is 2. The molecule has 2 aromatic heterocycles. The van der Waals surface area contributed by atoms with Crippen LogP contribution in [0.25, 0.3) is 45.1 Å². The van der Waals surface area contributed by atoms with Gasteiger partial charge in [-0.05, 0) is 29.8 Å². The predicted molar refractivity (Wildman–Crippen MR) is 118 cm³/mol. The van der Waals surface area contributed by atoms with Gasteiger partial charge in [0.1, 0.15) is 17.3 Å². The number of furan rings is 2. The highest BCUT2D eigenvalue weighted by Crippen LogP contribution is 2.43. The Morgan fingerprint density at radius 1 is 0.552 bits per heavy atom. The Labute approximate surface area is 174 Å². The smallest absolute Gasteiger partial charge is 0.145 e. The van der Waals surface area contributed by atoms with Gasteiger partial charge < -0.3 is 8.83 Å². The molecule has 0 spiro atoms. The monoisotopic (exact) mass is 396 g/mol. The molecule has 0 saturated heterocycles. The van der Waals surface area contributed by atoms with Crippen LogP contribution < -0.4 is 0 Å². The molecular weight excluding hydrogens is 380 g/mol. The van der Waals surface area contributed by atoms with E-state index in [1.165, 1.54) is 0 Å². The molecule has 0 bridgehead atoms. The largest absolute Gasteiger partial charge is 0.464 e. The van der Waals surface area contributed by atoms with E-state index in [1.807, 2.05) is 91.0 Å². The van der Waals surface area contributed by atoms with Gasteiger partial charge in [-0.3, -0.25) is 0 Å². The lowest BCUT2D eigenvalue weighted by molar-refractivity contribution is 0.576. The highest BCUT2D eigenvalue weighted by Gasteiger charge is 2.21. The third-order valence-corrected chi connectivity index (χ3v) is 5.14. The fraction of sp³-hybridized carbons (Fsp3) is 0. The summed E-state index contributed by atoms with van der Waals surface area (Å²) in [7, 11) is 0. The molecule has 3 heteroatoms. The first-order valence-electron chi connectivity index (χ1n) is 9.38. The van der Waals surface area contributed by atoms with Crippen LogP contribution in [0.15, 0.2) is 112 Å². The standard InChI is InChI=1S/C26H17ClO2/c27-21-13-11-18(12-14-21)22-15-16-28-26(22)23-17-24(19-7-3-1-4-8-19)29-25(23)20-9-5-2-6-10-20/h1-17H. The van der Waals surface area contributed by atoms with E-state index in [4.69, 9.17) is 20.4 Å². The van der Waals surface area contributed by atoms with Gasteiger partial charge in [0, 0.05) is 21.7 Å². The lowest BCUT2D eigenvalue weighted by atomic mass is 10.00. The minimum absolute atomic E-state index is 0.707. The molecule has 0 aliphatic rings. The number of hydrogen-bond donors (Lipinski definition) is 0. The third kappa shape index (κ3) is 3.39. The molecule has 0 fully saturated rings. The zero-order valence-corrected chi connectivity index (χ0v) is 16.3. The average Bonchev–Trinajstić information content (AvgIpc) is 3.43. The van der Waals surface area contributed by atoms with Gasteiger partial charge in [-0.2, -0.15) is 0 Å². The summed E-state index contributed by atoms with van der Waals surface area (Å²) in [6.45, 7) is 0. The molecule has 0 unspecified atom stereocenters. The molecule has 5 rings (SSSR count). The lowest BCUT2D eigenvalue weighted by Gasteiger charge is -2.04. The Kier molecular flexibility index (Phi) is 4.55. The molecule has 2 nitrogen and oxygen atoms in total. The van der Waals surface area contributed by atoms with Crippen molar-refractivity contribution in [2.75, 3.05) is 0 Å². The van der Waals surface area contributed by atoms with Gasteiger partial charge in [0.05, 0.1) is 11.8 Å². The van der Waals surface area contributed by atoms with Crippen molar-refractivity contribution in [3.8, 4) is 45.1 Å². The minimum atomic E-state index is 0.707. The first kappa shape index (κ1) is 17.6. The summed E-state index contributed by atoms with van der Waals surface area (Å²) < 4.78 is 12.3. The Hall–Kier alpha value is -3.49. The quantitative estimate of drug-likeness (QED) is 0.306. The summed E-state index contributed by atoms with van der Waals surface area (Å²) >= 11 is 6.07. The molecule has 0 N–H and O–H groups in total. The van der Waals surface area contributed by atoms with E-state index in [-0.39, 0.29) is 0 Å². The van der Waals surface area contributed by atoms with E-state index < -0.39 is 0 Å². The molecule has 0 amide bonds. The molecule has 0 aliphatic carbocycles. The summed E-state index contributed by atoms with van der Waals surface area (Å²) in [6, 6.07) is 32.0. The first-order valence-corrected chi connectivity index (χ1v) is 9.76. The van der Waals surface area contributed by atoms with Crippen LogP contribution in [0, 0.1) is 0 Å². The van der Waals surface area contributed by atoms with Crippen molar-refractivity contribution in [2.45, 2.75) is 0 Å². The fourth-order valence-corrected chi connectivity index (χ4v) is 3.61. The van der Waals surface area contributed by atoms with Gasteiger partial charge in [-0.1, -0.05) is 84.4 Å². The summed E-state index contributed by atoms with van der Waals surface area (Å²) in [6.07, 6.45) is 1.71. The van der Waals surface area contributed by atoms with Crippen LogP contribution in [-0.2, 0) is 0 Å². The van der Waals surface area contributed by atoms with Crippen LogP contribution in [0.5, 0.6) is 0 Å². The molecule has 0 saturated carbocycles. The molecule has 0 radical (unpaired) electrons. The summed E-state index contributed by atoms with van der Waals surface area (Å²) in [5.41, 5.74) is 4.99. The van der Waals surface area contributed by atoms with Crippen molar-refractivity contribution >= 4 is 11.6 Å². The van der Waals surface area contributed by atoms with Gasteiger partial charge in [0.2, 0.25) is 0 Å². The van der Waals surface area contributed by atoms with Crippen LogP contribution in [0.2, 0.25) is 5.02 Å². The fourth-order valence-electron chi connectivity index (χ4n) is 3.48. The van der Waals surface area contributed by atoms with Crippen molar-refractivity contribution in [3.63, 3.8) is 0 Å². The van der Waals surface area contributed by atoms with Crippen LogP contribution in [-0.4, -0.2) is 0 Å². The molecule has 140 valence electrons.